The molecule has 0 N–H and O–H groups in total. The molecule has 326 valence electrons. The normalized spacial score (nSPS) is 17.0. The van der Waals surface area contributed by atoms with E-state index < -0.39 is 5.60 Å². The zero-order valence-electron chi connectivity index (χ0n) is 38.8. The summed E-state index contributed by atoms with van der Waals surface area (Å²) in [5, 5.41) is 2.12. The lowest BCUT2D eigenvalue weighted by Crippen LogP contribution is -2.44. The van der Waals surface area contributed by atoms with Crippen molar-refractivity contribution in [3.8, 4) is 56.8 Å². The van der Waals surface area contributed by atoms with Crippen molar-refractivity contribution in [3.05, 3.63) is 137 Å². The number of rotatable bonds is 12. The fraction of sp³-hybridized carbons (Fsp3) is 0.368. The molecule has 0 aromatic heterocycles. The SMILES string of the molecule is CCCOc1ccc(C2(c3ccc(OCCC)cc3)C=Cc3c4c(c5cc(-c6cc(C)c(OC)cc6OC)c(OC)cc5c3O2)-c2ccccc2C42CC(C)(C)CC(C)(C)C2)cc1. The van der Waals surface area contributed by atoms with Gasteiger partial charge < -0.3 is 28.4 Å². The quantitative estimate of drug-likeness (QED) is 0.122. The van der Waals surface area contributed by atoms with Crippen LogP contribution in [0, 0.1) is 17.8 Å². The van der Waals surface area contributed by atoms with Gasteiger partial charge in [0.25, 0.3) is 0 Å². The lowest BCUT2D eigenvalue weighted by atomic mass is 9.52. The van der Waals surface area contributed by atoms with Crippen molar-refractivity contribution in [2.45, 2.75) is 91.6 Å². The molecule has 6 heteroatoms. The minimum absolute atomic E-state index is 0.0869. The van der Waals surface area contributed by atoms with Gasteiger partial charge in [-0.25, -0.2) is 0 Å². The molecule has 1 aliphatic heterocycles. The Bertz CT molecular complexity index is 2650. The second-order valence-electron chi connectivity index (χ2n) is 19.5. The summed E-state index contributed by atoms with van der Waals surface area (Å²) in [5.41, 5.74) is 10.3. The summed E-state index contributed by atoms with van der Waals surface area (Å²) in [5.74, 6) is 4.74. The topological polar surface area (TPSA) is 55.4 Å². The molecule has 3 aliphatic rings. The van der Waals surface area contributed by atoms with Crippen LogP contribution in [0.5, 0.6) is 34.5 Å². The van der Waals surface area contributed by atoms with Crippen LogP contribution in [0.2, 0.25) is 0 Å². The zero-order valence-corrected chi connectivity index (χ0v) is 38.8. The van der Waals surface area contributed by atoms with Gasteiger partial charge in [-0.05, 0) is 132 Å². The summed E-state index contributed by atoms with van der Waals surface area (Å²) in [6, 6.07) is 34.7. The molecule has 0 unspecified atom stereocenters. The second kappa shape index (κ2) is 16.0. The maximum absolute atomic E-state index is 7.88. The molecule has 0 amide bonds. The van der Waals surface area contributed by atoms with Crippen LogP contribution >= 0.6 is 0 Å². The molecule has 1 saturated carbocycles. The minimum Gasteiger partial charge on any atom is -0.496 e. The van der Waals surface area contributed by atoms with Crippen molar-refractivity contribution in [2.75, 3.05) is 34.5 Å². The van der Waals surface area contributed by atoms with Gasteiger partial charge in [0.05, 0.1) is 34.5 Å². The number of hydrogen-bond acceptors (Lipinski definition) is 6. The van der Waals surface area contributed by atoms with Crippen molar-refractivity contribution in [2.24, 2.45) is 10.8 Å². The smallest absolute Gasteiger partial charge is 0.178 e. The van der Waals surface area contributed by atoms with E-state index >= 15 is 0 Å². The van der Waals surface area contributed by atoms with E-state index in [0.29, 0.717) is 19.0 Å². The standard InChI is InChI=1S/C57H62O6/c1-11-27-61-39-21-17-37(18-22-39)57(38-19-23-40(24-20-38)62-28-12-2)26-25-42-52-51(41-15-13-14-16-47(41)56(52)34-54(4,5)33-55(6,7)35-56)45-30-44(49(59-9)31-46(45)53(42)63-57)43-29-36(3)48(58-8)32-50(43)60-10/h13-26,29-32H,11-12,27-28,33-35H2,1-10H3. The largest absolute Gasteiger partial charge is 0.496 e. The number of benzene rings is 6. The minimum atomic E-state index is -0.979. The van der Waals surface area contributed by atoms with Crippen molar-refractivity contribution in [3.63, 3.8) is 0 Å². The Morgan fingerprint density at radius 3 is 1.71 bits per heavy atom. The van der Waals surface area contributed by atoms with E-state index in [4.69, 9.17) is 28.4 Å². The van der Waals surface area contributed by atoms with Crippen LogP contribution in [0.25, 0.3) is 39.1 Å². The lowest BCUT2D eigenvalue weighted by molar-refractivity contribution is 0.0642. The van der Waals surface area contributed by atoms with Crippen LogP contribution in [0.4, 0.5) is 0 Å². The maximum Gasteiger partial charge on any atom is 0.178 e. The molecule has 6 aromatic rings. The predicted molar refractivity (Wildman–Crippen MR) is 256 cm³/mol. The van der Waals surface area contributed by atoms with Gasteiger partial charge in [-0.1, -0.05) is 96.1 Å². The molecule has 2 aliphatic carbocycles. The summed E-state index contributed by atoms with van der Waals surface area (Å²) in [6.07, 6.45) is 9.74. The molecule has 1 spiro atoms. The molecule has 1 heterocycles. The van der Waals surface area contributed by atoms with E-state index in [1.807, 2.05) is 6.07 Å². The molecule has 63 heavy (non-hydrogen) atoms. The number of fused-ring (bicyclic) bond motifs is 10. The third-order valence-corrected chi connectivity index (χ3v) is 13.6. The summed E-state index contributed by atoms with van der Waals surface area (Å²) >= 11 is 0. The lowest BCUT2D eigenvalue weighted by Gasteiger charge is -2.52. The van der Waals surface area contributed by atoms with Crippen LogP contribution in [-0.2, 0) is 11.0 Å². The maximum atomic E-state index is 7.88. The number of methoxy groups -OCH3 is 3. The van der Waals surface area contributed by atoms with Crippen molar-refractivity contribution >= 4 is 16.8 Å². The van der Waals surface area contributed by atoms with Gasteiger partial charge in [0.1, 0.15) is 34.5 Å². The first-order chi connectivity index (χ1) is 30.3. The summed E-state index contributed by atoms with van der Waals surface area (Å²) in [6.45, 7) is 17.5. The van der Waals surface area contributed by atoms with Crippen LogP contribution < -0.4 is 28.4 Å². The van der Waals surface area contributed by atoms with Gasteiger partial charge in [-0.3, -0.25) is 0 Å². The van der Waals surface area contributed by atoms with Gasteiger partial charge in [0.15, 0.2) is 5.60 Å². The fourth-order valence-electron chi connectivity index (χ4n) is 11.8. The molecule has 9 rings (SSSR count). The monoisotopic (exact) mass is 842 g/mol. The van der Waals surface area contributed by atoms with E-state index in [2.05, 4.69) is 152 Å². The Morgan fingerprint density at radius 1 is 0.587 bits per heavy atom. The van der Waals surface area contributed by atoms with E-state index in [1.54, 1.807) is 21.3 Å². The van der Waals surface area contributed by atoms with Crippen LogP contribution in [-0.4, -0.2) is 34.5 Å². The highest BCUT2D eigenvalue weighted by Crippen LogP contribution is 2.67. The molecule has 1 fully saturated rings. The number of hydrogen-bond donors (Lipinski definition) is 0. The highest BCUT2D eigenvalue weighted by atomic mass is 16.5. The fourth-order valence-corrected chi connectivity index (χ4v) is 11.8. The van der Waals surface area contributed by atoms with E-state index in [9.17, 15) is 0 Å². The molecule has 0 saturated heterocycles. The Labute approximate surface area is 374 Å². The molecule has 0 radical (unpaired) electrons. The van der Waals surface area contributed by atoms with Gasteiger partial charge in [0.2, 0.25) is 0 Å². The number of ether oxygens (including phenoxy) is 6. The highest BCUT2D eigenvalue weighted by Gasteiger charge is 2.55. The van der Waals surface area contributed by atoms with Crippen LogP contribution in [0.15, 0.2) is 103 Å². The average molecular weight is 843 g/mol. The average Bonchev–Trinajstić information content (AvgIpc) is 3.54. The molecule has 0 bridgehead atoms. The van der Waals surface area contributed by atoms with E-state index in [-0.39, 0.29) is 16.2 Å². The van der Waals surface area contributed by atoms with E-state index in [1.165, 1.54) is 22.3 Å². The third-order valence-electron chi connectivity index (χ3n) is 13.6. The van der Waals surface area contributed by atoms with Gasteiger partial charge in [0, 0.05) is 44.7 Å². The first-order valence-corrected chi connectivity index (χ1v) is 22.7. The van der Waals surface area contributed by atoms with E-state index in [0.717, 1.165) is 105 Å². The molecule has 6 nitrogen and oxygen atoms in total. The first-order valence-electron chi connectivity index (χ1n) is 22.7. The first kappa shape index (κ1) is 42.4. The van der Waals surface area contributed by atoms with Crippen LogP contribution in [0.3, 0.4) is 0 Å². The molecule has 6 aromatic carbocycles. The zero-order chi connectivity index (χ0) is 44.3. The van der Waals surface area contributed by atoms with Crippen molar-refractivity contribution < 1.29 is 28.4 Å². The van der Waals surface area contributed by atoms with Crippen LogP contribution in [0.1, 0.15) is 107 Å². The molecular formula is C57H62O6. The highest BCUT2D eigenvalue weighted by molar-refractivity contribution is 6.11. The Hall–Kier alpha value is -5.88. The Morgan fingerprint density at radius 2 is 1.14 bits per heavy atom. The molecule has 0 atom stereocenters. The summed E-state index contributed by atoms with van der Waals surface area (Å²) < 4.78 is 38.3. The summed E-state index contributed by atoms with van der Waals surface area (Å²) in [4.78, 5) is 0. The van der Waals surface area contributed by atoms with Gasteiger partial charge >= 0.3 is 0 Å². The van der Waals surface area contributed by atoms with Gasteiger partial charge in [-0.2, -0.15) is 0 Å². The predicted octanol–water partition coefficient (Wildman–Crippen LogP) is 14.3. The Kier molecular flexibility index (Phi) is 10.8. The molecular weight excluding hydrogens is 781 g/mol. The van der Waals surface area contributed by atoms with Crippen molar-refractivity contribution in [1.82, 2.24) is 0 Å². The second-order valence-corrected chi connectivity index (χ2v) is 19.5. The summed E-state index contributed by atoms with van der Waals surface area (Å²) in [7, 11) is 5.16. The third kappa shape index (κ3) is 7.10. The number of aryl methyl sites for hydroxylation is 1. The van der Waals surface area contributed by atoms with Crippen molar-refractivity contribution in [1.29, 1.82) is 0 Å². The van der Waals surface area contributed by atoms with Gasteiger partial charge in [-0.15, -0.1) is 0 Å². The Balaban J connectivity index is 1.38.